The number of hydrogen-bond acceptors (Lipinski definition) is 5. The van der Waals surface area contributed by atoms with E-state index in [1.54, 1.807) is 12.1 Å². The highest BCUT2D eigenvalue weighted by Crippen LogP contribution is 2.46. The summed E-state index contributed by atoms with van der Waals surface area (Å²) in [7, 11) is 0. The Bertz CT molecular complexity index is 1070. The van der Waals surface area contributed by atoms with Crippen LogP contribution in [-0.4, -0.2) is 39.8 Å². The van der Waals surface area contributed by atoms with Gasteiger partial charge in [0, 0.05) is 6.07 Å². The molecule has 1 spiro atoms. The fourth-order valence-electron chi connectivity index (χ4n) is 5.13. The lowest BCUT2D eigenvalue weighted by Gasteiger charge is -2.43. The van der Waals surface area contributed by atoms with Crippen LogP contribution >= 0.6 is 0 Å². The molecule has 2 unspecified atom stereocenters. The maximum atomic E-state index is 13.2. The van der Waals surface area contributed by atoms with Crippen LogP contribution in [0.4, 0.5) is 14.9 Å². The van der Waals surface area contributed by atoms with Crippen molar-refractivity contribution in [3.8, 4) is 11.6 Å². The van der Waals surface area contributed by atoms with Crippen LogP contribution in [0.5, 0.6) is 11.6 Å². The quantitative estimate of drug-likeness (QED) is 0.663. The lowest BCUT2D eigenvalue weighted by Crippen LogP contribution is -2.54. The summed E-state index contributed by atoms with van der Waals surface area (Å²) >= 11 is 0. The second-order valence-electron chi connectivity index (χ2n) is 9.75. The molecule has 2 aliphatic rings. The van der Waals surface area contributed by atoms with Gasteiger partial charge in [-0.15, -0.1) is 0 Å². The number of hydrogen-bond donors (Lipinski definition) is 2. The number of ether oxygens (including phenoxy) is 1. The summed E-state index contributed by atoms with van der Waals surface area (Å²) in [5.41, 5.74) is -0.637. The van der Waals surface area contributed by atoms with Crippen molar-refractivity contribution in [2.45, 2.75) is 45.6 Å². The number of rotatable bonds is 5. The smallest absolute Gasteiger partial charge is 0.325 e. The van der Waals surface area contributed by atoms with E-state index in [1.165, 1.54) is 30.5 Å². The Morgan fingerprint density at radius 1 is 1.21 bits per heavy atom. The summed E-state index contributed by atoms with van der Waals surface area (Å²) in [5, 5.41) is 5.51. The van der Waals surface area contributed by atoms with Crippen molar-refractivity contribution in [1.29, 1.82) is 0 Å². The molecule has 2 fully saturated rings. The van der Waals surface area contributed by atoms with E-state index >= 15 is 0 Å². The van der Waals surface area contributed by atoms with Gasteiger partial charge in [0.05, 0.1) is 11.9 Å². The molecule has 0 bridgehead atoms. The van der Waals surface area contributed by atoms with Crippen LogP contribution < -0.4 is 15.4 Å². The second kappa shape index (κ2) is 8.46. The number of pyridine rings is 1. The molecule has 33 heavy (non-hydrogen) atoms. The van der Waals surface area contributed by atoms with Gasteiger partial charge in [0.2, 0.25) is 11.8 Å². The summed E-state index contributed by atoms with van der Waals surface area (Å²) in [6.45, 7) is 5.88. The molecule has 1 saturated heterocycles. The Kier molecular flexibility index (Phi) is 5.82. The lowest BCUT2D eigenvalue weighted by molar-refractivity contribution is -0.136. The number of carbonyl (C=O) groups is 3. The van der Waals surface area contributed by atoms with Gasteiger partial charge in [-0.1, -0.05) is 20.8 Å². The average molecular weight is 455 g/mol. The van der Waals surface area contributed by atoms with Gasteiger partial charge in [-0.3, -0.25) is 14.5 Å². The fourth-order valence-corrected chi connectivity index (χ4v) is 5.13. The normalized spacial score (nSPS) is 24.0. The third-order valence-corrected chi connectivity index (χ3v) is 5.98. The van der Waals surface area contributed by atoms with Gasteiger partial charge < -0.3 is 15.4 Å². The van der Waals surface area contributed by atoms with Crippen molar-refractivity contribution >= 4 is 23.5 Å². The first-order valence-corrected chi connectivity index (χ1v) is 10.9. The Morgan fingerprint density at radius 2 is 1.94 bits per heavy atom. The molecule has 1 aromatic heterocycles. The van der Waals surface area contributed by atoms with Gasteiger partial charge in [-0.2, -0.15) is 0 Å². The second-order valence-corrected chi connectivity index (χ2v) is 9.75. The predicted octanol–water partition coefficient (Wildman–Crippen LogP) is 4.09. The molecule has 8 nitrogen and oxygen atoms in total. The first-order valence-electron chi connectivity index (χ1n) is 10.9. The number of halogens is 1. The molecule has 0 radical (unpaired) electrons. The molecule has 1 aliphatic heterocycles. The number of urea groups is 1. The number of carbonyl (C=O) groups excluding carboxylic acids is 3. The molecular weight excluding hydrogens is 427 g/mol. The van der Waals surface area contributed by atoms with E-state index in [1.807, 2.05) is 0 Å². The Balaban J connectivity index is 1.37. The highest BCUT2D eigenvalue weighted by Gasteiger charge is 2.56. The van der Waals surface area contributed by atoms with Crippen LogP contribution in [0.15, 0.2) is 42.6 Å². The molecule has 4 amide bonds. The zero-order valence-electron chi connectivity index (χ0n) is 18.9. The topological polar surface area (TPSA) is 101 Å². The van der Waals surface area contributed by atoms with E-state index in [0.717, 1.165) is 11.3 Å². The third-order valence-electron chi connectivity index (χ3n) is 5.98. The first-order chi connectivity index (χ1) is 15.6. The summed E-state index contributed by atoms with van der Waals surface area (Å²) < 4.78 is 18.5. The summed E-state index contributed by atoms with van der Waals surface area (Å²) in [6, 6.07) is 8.10. The average Bonchev–Trinajstić information content (AvgIpc) is 2.93. The van der Waals surface area contributed by atoms with Crippen molar-refractivity contribution in [3.63, 3.8) is 0 Å². The minimum atomic E-state index is -0.945. The summed E-state index contributed by atoms with van der Waals surface area (Å²) in [6.07, 6.45) is 3.49. The molecule has 9 heteroatoms. The van der Waals surface area contributed by atoms with E-state index in [9.17, 15) is 18.8 Å². The van der Waals surface area contributed by atoms with E-state index in [-0.39, 0.29) is 35.5 Å². The maximum absolute atomic E-state index is 13.2. The van der Waals surface area contributed by atoms with Gasteiger partial charge >= 0.3 is 6.03 Å². The standard InChI is InChI=1S/C24H27FN4O4/c1-15-10-23(2,3)14-24(11-15)21(31)29(22(32)28-24)13-19(30)27-17-6-9-20(26-12-17)33-18-7-4-16(25)5-8-18/h4-9,12,15H,10-11,13-14H2,1-3H3,(H,27,30)(H,28,32). The van der Waals surface area contributed by atoms with Gasteiger partial charge in [0.25, 0.3) is 5.91 Å². The minimum Gasteiger partial charge on any atom is -0.439 e. The van der Waals surface area contributed by atoms with Crippen molar-refractivity contribution in [2.24, 2.45) is 11.3 Å². The molecule has 2 aromatic rings. The van der Waals surface area contributed by atoms with Gasteiger partial charge in [-0.05, 0) is 60.9 Å². The highest BCUT2D eigenvalue weighted by molar-refractivity contribution is 6.10. The molecule has 1 aliphatic carbocycles. The van der Waals surface area contributed by atoms with Crippen molar-refractivity contribution in [1.82, 2.24) is 15.2 Å². The van der Waals surface area contributed by atoms with Crippen LogP contribution in [-0.2, 0) is 9.59 Å². The number of nitrogens with zero attached hydrogens (tertiary/aromatic N) is 2. The molecular formula is C24H27FN4O4. The Morgan fingerprint density at radius 3 is 2.58 bits per heavy atom. The zero-order valence-corrected chi connectivity index (χ0v) is 18.9. The minimum absolute atomic E-state index is 0.0811. The van der Waals surface area contributed by atoms with Crippen LogP contribution in [0.25, 0.3) is 0 Å². The number of amides is 4. The van der Waals surface area contributed by atoms with E-state index in [2.05, 4.69) is 36.4 Å². The molecule has 174 valence electrons. The first kappa shape index (κ1) is 22.7. The SMILES string of the molecule is CC1CC(C)(C)CC2(C1)NC(=O)N(CC(=O)Nc1ccc(Oc3ccc(F)cc3)nc1)C2=O. The highest BCUT2D eigenvalue weighted by atomic mass is 19.1. The maximum Gasteiger partial charge on any atom is 0.325 e. The van der Waals surface area contributed by atoms with Gasteiger partial charge in [0.15, 0.2) is 0 Å². The Labute approximate surface area is 191 Å². The number of anilines is 1. The summed E-state index contributed by atoms with van der Waals surface area (Å²) in [4.78, 5) is 43.4. The third kappa shape index (κ3) is 4.97. The summed E-state index contributed by atoms with van der Waals surface area (Å²) in [5.74, 6) is -0.242. The number of benzene rings is 1. The lowest BCUT2D eigenvalue weighted by atomic mass is 9.64. The number of nitrogens with one attached hydrogen (secondary N) is 2. The van der Waals surface area contributed by atoms with Crippen LogP contribution in [0.1, 0.15) is 40.0 Å². The van der Waals surface area contributed by atoms with E-state index in [4.69, 9.17) is 4.74 Å². The molecule has 4 rings (SSSR count). The predicted molar refractivity (Wildman–Crippen MR) is 119 cm³/mol. The van der Waals surface area contributed by atoms with Crippen molar-refractivity contribution in [2.75, 3.05) is 11.9 Å². The van der Waals surface area contributed by atoms with Gasteiger partial charge in [-0.25, -0.2) is 14.2 Å². The number of imide groups is 1. The van der Waals surface area contributed by atoms with Crippen molar-refractivity contribution < 1.29 is 23.5 Å². The zero-order chi connectivity index (χ0) is 23.8. The molecule has 1 saturated carbocycles. The molecule has 2 heterocycles. The number of aromatic nitrogens is 1. The largest absolute Gasteiger partial charge is 0.439 e. The monoisotopic (exact) mass is 454 g/mol. The van der Waals surface area contributed by atoms with E-state index < -0.39 is 17.5 Å². The molecule has 2 atom stereocenters. The fraction of sp³-hybridized carbons (Fsp3) is 0.417. The Hall–Kier alpha value is -3.49. The van der Waals surface area contributed by atoms with Crippen LogP contribution in [0.2, 0.25) is 0 Å². The molecule has 2 N–H and O–H groups in total. The van der Waals surface area contributed by atoms with Gasteiger partial charge in [0.1, 0.15) is 23.7 Å². The van der Waals surface area contributed by atoms with E-state index in [0.29, 0.717) is 24.3 Å². The van der Waals surface area contributed by atoms with Crippen LogP contribution in [0.3, 0.4) is 0 Å². The van der Waals surface area contributed by atoms with Crippen LogP contribution in [0, 0.1) is 17.2 Å². The van der Waals surface area contributed by atoms with Crippen molar-refractivity contribution in [3.05, 3.63) is 48.4 Å². The molecule has 1 aromatic carbocycles.